The molecule has 0 aliphatic carbocycles. The van der Waals surface area contributed by atoms with Crippen molar-refractivity contribution in [2.45, 2.75) is 64.3 Å². The summed E-state index contributed by atoms with van der Waals surface area (Å²) in [7, 11) is 0. The smallest absolute Gasteiger partial charge is 0.428 e. The van der Waals surface area contributed by atoms with Gasteiger partial charge in [0.25, 0.3) is 0 Å². The van der Waals surface area contributed by atoms with Crippen molar-refractivity contribution in [1.82, 2.24) is 9.88 Å². The molecule has 2 atom stereocenters. The molecule has 10 heteroatoms. The van der Waals surface area contributed by atoms with Crippen molar-refractivity contribution in [3.63, 3.8) is 0 Å². The molecule has 1 saturated heterocycles. The van der Waals surface area contributed by atoms with Crippen molar-refractivity contribution < 1.29 is 27.1 Å². The van der Waals surface area contributed by atoms with Crippen LogP contribution in [0.3, 0.4) is 0 Å². The minimum Gasteiger partial charge on any atom is -0.428 e. The highest BCUT2D eigenvalue weighted by molar-refractivity contribution is 7.10. The van der Waals surface area contributed by atoms with Crippen molar-refractivity contribution in [2.75, 3.05) is 18.4 Å². The molecule has 1 N–H and O–H groups in total. The van der Waals surface area contributed by atoms with E-state index in [0.29, 0.717) is 17.1 Å². The molecular formula is C31H35F4N3O2S. The Bertz CT molecular complexity index is 1360. The van der Waals surface area contributed by atoms with E-state index in [4.69, 9.17) is 4.74 Å². The van der Waals surface area contributed by atoms with Crippen LogP contribution in [-0.4, -0.2) is 40.8 Å². The number of likely N-dealkylation sites (tertiary alicyclic amines) is 1. The van der Waals surface area contributed by atoms with Gasteiger partial charge in [-0.05, 0) is 95.5 Å². The van der Waals surface area contributed by atoms with E-state index < -0.39 is 34.0 Å². The van der Waals surface area contributed by atoms with Crippen molar-refractivity contribution >= 4 is 23.1 Å². The first-order chi connectivity index (χ1) is 19.3. The zero-order chi connectivity index (χ0) is 29.9. The fourth-order valence-corrected chi connectivity index (χ4v) is 6.45. The number of benzene rings is 1. The molecule has 220 valence electrons. The maximum atomic E-state index is 15.4. The summed E-state index contributed by atoms with van der Waals surface area (Å²) < 4.78 is 65.7. The number of nitrogens with zero attached hydrogens (tertiary/aromatic N) is 2. The lowest BCUT2D eigenvalue weighted by atomic mass is 9.66. The molecule has 0 spiro atoms. The number of hydrogen-bond donors (Lipinski definition) is 1. The largest absolute Gasteiger partial charge is 0.432 e. The standard InChI is InChI=1S/C31H35F4N3O2S/c1-5-16-30(31(33,34)35,40-27(39)37-24-9-7-6-8-10-24)29(17-15-25-13-14-26(32)41-25)18-19-38(21-29)28(3,4)23-12-11-22(2)36-20-23/h5-14,16,20H,15,17-19,21H2,1-4H3,(H,37,39)/b16-5-. The van der Waals surface area contributed by atoms with Crippen LogP contribution >= 0.6 is 11.3 Å². The Morgan fingerprint density at radius 2 is 1.88 bits per heavy atom. The molecule has 2 aromatic heterocycles. The number of anilines is 1. The Hall–Kier alpha value is -3.24. The van der Waals surface area contributed by atoms with Crippen molar-refractivity contribution in [3.05, 3.63) is 94.2 Å². The van der Waals surface area contributed by atoms with E-state index in [1.54, 1.807) is 42.6 Å². The molecule has 1 fully saturated rings. The van der Waals surface area contributed by atoms with Crippen LogP contribution in [0.2, 0.25) is 0 Å². The molecule has 1 amide bonds. The van der Waals surface area contributed by atoms with Crippen molar-refractivity contribution in [1.29, 1.82) is 0 Å². The molecule has 4 rings (SSSR count). The van der Waals surface area contributed by atoms with Gasteiger partial charge >= 0.3 is 12.3 Å². The highest BCUT2D eigenvalue weighted by Gasteiger charge is 2.70. The molecule has 0 bridgehead atoms. The first-order valence-electron chi connectivity index (χ1n) is 13.5. The summed E-state index contributed by atoms with van der Waals surface area (Å²) in [5.41, 5.74) is -3.15. The number of thiophene rings is 1. The Morgan fingerprint density at radius 1 is 1.15 bits per heavy atom. The van der Waals surface area contributed by atoms with Crippen LogP contribution < -0.4 is 5.32 Å². The molecule has 3 aromatic rings. The van der Waals surface area contributed by atoms with E-state index in [1.165, 1.54) is 19.1 Å². The van der Waals surface area contributed by atoms with Gasteiger partial charge in [0, 0.05) is 40.0 Å². The minimum atomic E-state index is -4.94. The highest BCUT2D eigenvalue weighted by Crippen LogP contribution is 2.56. The number of carbonyl (C=O) groups excluding carboxylic acids is 1. The molecule has 1 aliphatic heterocycles. The number of rotatable bonds is 9. The average molecular weight is 590 g/mol. The summed E-state index contributed by atoms with van der Waals surface area (Å²) in [6, 6.07) is 14.9. The number of alkyl halides is 3. The Labute approximate surface area is 242 Å². The van der Waals surface area contributed by atoms with Crippen LogP contribution in [0, 0.1) is 17.5 Å². The lowest BCUT2D eigenvalue weighted by Gasteiger charge is -2.48. The zero-order valence-electron chi connectivity index (χ0n) is 23.6. The summed E-state index contributed by atoms with van der Waals surface area (Å²) in [4.78, 5) is 20.1. The Morgan fingerprint density at radius 3 is 2.46 bits per heavy atom. The fourth-order valence-electron chi connectivity index (χ4n) is 5.72. The Kier molecular flexibility index (Phi) is 8.94. The van der Waals surface area contributed by atoms with E-state index in [-0.39, 0.29) is 25.8 Å². The third kappa shape index (κ3) is 6.33. The topological polar surface area (TPSA) is 54.5 Å². The minimum absolute atomic E-state index is 0.00972. The van der Waals surface area contributed by atoms with E-state index in [1.807, 2.05) is 37.8 Å². The molecule has 5 nitrogen and oxygen atoms in total. The van der Waals surface area contributed by atoms with Crippen LogP contribution in [0.4, 0.5) is 28.0 Å². The van der Waals surface area contributed by atoms with Crippen molar-refractivity contribution in [2.24, 2.45) is 5.41 Å². The van der Waals surface area contributed by atoms with Gasteiger partial charge in [-0.3, -0.25) is 15.2 Å². The van der Waals surface area contributed by atoms with Gasteiger partial charge in [-0.2, -0.15) is 17.6 Å². The molecular weight excluding hydrogens is 554 g/mol. The van der Waals surface area contributed by atoms with Gasteiger partial charge in [0.2, 0.25) is 5.60 Å². The molecule has 1 aliphatic rings. The Balaban J connectivity index is 1.77. The summed E-state index contributed by atoms with van der Waals surface area (Å²) in [5, 5.41) is 2.05. The number of amides is 1. The second kappa shape index (κ2) is 11.9. The van der Waals surface area contributed by atoms with Gasteiger partial charge in [-0.1, -0.05) is 30.3 Å². The number of nitrogens with one attached hydrogen (secondary N) is 1. The second-order valence-electron chi connectivity index (χ2n) is 11.0. The van der Waals surface area contributed by atoms with E-state index in [2.05, 4.69) is 10.3 Å². The van der Waals surface area contributed by atoms with Gasteiger partial charge < -0.3 is 4.74 Å². The fraction of sp³-hybridized carbons (Fsp3) is 0.419. The van der Waals surface area contributed by atoms with Gasteiger partial charge in [0.05, 0.1) is 0 Å². The maximum Gasteiger partial charge on any atom is 0.432 e. The lowest BCUT2D eigenvalue weighted by molar-refractivity contribution is -0.277. The predicted molar refractivity (Wildman–Crippen MR) is 153 cm³/mol. The number of hydrogen-bond acceptors (Lipinski definition) is 5. The number of ether oxygens (including phenoxy) is 1. The van der Waals surface area contributed by atoms with Gasteiger partial charge in [-0.25, -0.2) is 4.79 Å². The second-order valence-corrected chi connectivity index (χ2v) is 12.1. The number of para-hydroxylation sites is 1. The number of pyridine rings is 1. The summed E-state index contributed by atoms with van der Waals surface area (Å²) in [5.74, 6) is 0. The van der Waals surface area contributed by atoms with Crippen LogP contribution in [0.5, 0.6) is 0 Å². The number of aromatic nitrogens is 1. The molecule has 1 aromatic carbocycles. The third-order valence-electron chi connectivity index (χ3n) is 8.13. The van der Waals surface area contributed by atoms with E-state index in [0.717, 1.165) is 28.7 Å². The number of allylic oxidation sites excluding steroid dienone is 1. The average Bonchev–Trinajstić information content (AvgIpc) is 3.55. The van der Waals surface area contributed by atoms with Gasteiger partial charge in [0.15, 0.2) is 5.13 Å². The lowest BCUT2D eigenvalue weighted by Crippen LogP contribution is -2.62. The first kappa shape index (κ1) is 30.7. The quantitative estimate of drug-likeness (QED) is 0.202. The molecule has 41 heavy (non-hydrogen) atoms. The number of aryl methyl sites for hydroxylation is 2. The van der Waals surface area contributed by atoms with Crippen molar-refractivity contribution in [3.8, 4) is 0 Å². The SMILES string of the molecule is C/C=C\C(OC(=O)Nc1ccccc1)(C(F)(F)F)C1(CCc2ccc(F)s2)CCN(C(C)(C)c2ccc(C)nc2)C1. The van der Waals surface area contributed by atoms with Crippen LogP contribution in [-0.2, 0) is 16.7 Å². The molecule has 0 saturated carbocycles. The zero-order valence-corrected chi connectivity index (χ0v) is 24.4. The number of halogens is 4. The van der Waals surface area contributed by atoms with Crippen LogP contribution in [0.15, 0.2) is 72.9 Å². The van der Waals surface area contributed by atoms with E-state index in [9.17, 15) is 9.18 Å². The molecule has 2 unspecified atom stereocenters. The van der Waals surface area contributed by atoms with Crippen LogP contribution in [0.1, 0.15) is 49.7 Å². The molecule has 3 heterocycles. The first-order valence-corrected chi connectivity index (χ1v) is 14.3. The van der Waals surface area contributed by atoms with Gasteiger partial charge in [0.1, 0.15) is 0 Å². The van der Waals surface area contributed by atoms with E-state index >= 15 is 13.2 Å². The molecule has 0 radical (unpaired) electrons. The third-order valence-corrected chi connectivity index (χ3v) is 9.06. The number of carbonyl (C=O) groups is 1. The highest BCUT2D eigenvalue weighted by atomic mass is 32.1. The summed E-state index contributed by atoms with van der Waals surface area (Å²) >= 11 is 0.914. The summed E-state index contributed by atoms with van der Waals surface area (Å²) in [6.45, 7) is 7.59. The summed E-state index contributed by atoms with van der Waals surface area (Å²) in [6.07, 6.45) is -1.82. The predicted octanol–water partition coefficient (Wildman–Crippen LogP) is 8.28. The maximum absolute atomic E-state index is 15.4. The van der Waals surface area contributed by atoms with Crippen LogP contribution in [0.25, 0.3) is 0 Å². The normalized spacial score (nSPS) is 19.8. The monoisotopic (exact) mass is 589 g/mol. The van der Waals surface area contributed by atoms with Gasteiger partial charge in [-0.15, -0.1) is 11.3 Å².